The van der Waals surface area contributed by atoms with E-state index in [2.05, 4.69) is 21.7 Å². The second-order valence-corrected chi connectivity index (χ2v) is 9.17. The third-order valence-corrected chi connectivity index (χ3v) is 6.72. The van der Waals surface area contributed by atoms with Gasteiger partial charge in [0.25, 0.3) is 0 Å². The van der Waals surface area contributed by atoms with E-state index in [4.69, 9.17) is 4.98 Å². The lowest BCUT2D eigenvalue weighted by molar-refractivity contribution is -0.137. The lowest BCUT2D eigenvalue weighted by atomic mass is 10.2. The van der Waals surface area contributed by atoms with E-state index in [1.807, 2.05) is 16.3 Å². The molecule has 1 aliphatic heterocycles. The summed E-state index contributed by atoms with van der Waals surface area (Å²) >= 11 is 3.33. The molecule has 0 spiro atoms. The molecule has 4 rings (SSSR count). The van der Waals surface area contributed by atoms with E-state index in [0.29, 0.717) is 0 Å². The molecule has 1 aliphatic rings. The van der Waals surface area contributed by atoms with Gasteiger partial charge in [0.1, 0.15) is 5.01 Å². The summed E-state index contributed by atoms with van der Waals surface area (Å²) < 4.78 is 38.4. The Kier molecular flexibility index (Phi) is 6.71. The summed E-state index contributed by atoms with van der Waals surface area (Å²) in [6.45, 7) is 4.00. The Morgan fingerprint density at radius 2 is 1.84 bits per heavy atom. The molecule has 3 aromatic rings. The van der Waals surface area contributed by atoms with Gasteiger partial charge in [-0.25, -0.2) is 4.98 Å². The summed E-state index contributed by atoms with van der Waals surface area (Å²) in [6, 6.07) is 8.77. The van der Waals surface area contributed by atoms with Gasteiger partial charge in [0.15, 0.2) is 0 Å². The van der Waals surface area contributed by atoms with Crippen molar-refractivity contribution < 1.29 is 18.0 Å². The molecule has 10 heteroatoms. The van der Waals surface area contributed by atoms with Crippen molar-refractivity contribution in [3.8, 4) is 10.6 Å². The van der Waals surface area contributed by atoms with Crippen LogP contribution < -0.4 is 5.32 Å². The van der Waals surface area contributed by atoms with Crippen molar-refractivity contribution in [3.63, 3.8) is 0 Å². The SMILES string of the molecule is O=C(CN1CCN(Cc2nc(-c3cccs3)cs2)CC1)Nc1cccc(C(F)(F)F)c1. The minimum Gasteiger partial charge on any atom is -0.325 e. The molecule has 0 unspecified atom stereocenters. The van der Waals surface area contributed by atoms with E-state index in [0.717, 1.165) is 55.6 Å². The summed E-state index contributed by atoms with van der Waals surface area (Å²) in [5.41, 5.74) is 0.395. The van der Waals surface area contributed by atoms with Crippen LogP contribution >= 0.6 is 22.7 Å². The molecule has 1 N–H and O–H groups in total. The van der Waals surface area contributed by atoms with Crippen molar-refractivity contribution >= 4 is 34.3 Å². The minimum absolute atomic E-state index is 0.156. The number of benzene rings is 1. The molecule has 1 fully saturated rings. The number of hydrogen-bond donors (Lipinski definition) is 1. The van der Waals surface area contributed by atoms with Crippen molar-refractivity contribution in [2.24, 2.45) is 0 Å². The van der Waals surface area contributed by atoms with E-state index in [9.17, 15) is 18.0 Å². The molecule has 0 saturated carbocycles. The number of thiazole rings is 1. The number of carbonyl (C=O) groups is 1. The maximum atomic E-state index is 12.8. The molecule has 1 amide bonds. The van der Waals surface area contributed by atoms with Crippen molar-refractivity contribution in [1.29, 1.82) is 0 Å². The normalized spacial score (nSPS) is 15.8. The van der Waals surface area contributed by atoms with Gasteiger partial charge in [0.2, 0.25) is 5.91 Å². The van der Waals surface area contributed by atoms with Crippen LogP contribution in [-0.2, 0) is 17.5 Å². The van der Waals surface area contributed by atoms with Crippen LogP contribution in [-0.4, -0.2) is 53.4 Å². The van der Waals surface area contributed by atoms with Gasteiger partial charge in [-0.15, -0.1) is 22.7 Å². The number of carbonyl (C=O) groups excluding carboxylic acids is 1. The summed E-state index contributed by atoms with van der Waals surface area (Å²) in [6.07, 6.45) is -4.43. The van der Waals surface area contributed by atoms with Gasteiger partial charge in [0.05, 0.1) is 29.2 Å². The smallest absolute Gasteiger partial charge is 0.325 e. The van der Waals surface area contributed by atoms with Crippen molar-refractivity contribution in [2.45, 2.75) is 12.7 Å². The van der Waals surface area contributed by atoms with Gasteiger partial charge in [-0.05, 0) is 29.6 Å². The summed E-state index contributed by atoms with van der Waals surface area (Å²) in [5, 5.41) is 7.75. The van der Waals surface area contributed by atoms with Gasteiger partial charge in [-0.3, -0.25) is 14.6 Å². The second kappa shape index (κ2) is 9.47. The maximum Gasteiger partial charge on any atom is 0.416 e. The van der Waals surface area contributed by atoms with E-state index in [1.165, 1.54) is 17.0 Å². The molecule has 0 atom stereocenters. The Hall–Kier alpha value is -2.27. The third kappa shape index (κ3) is 5.91. The number of nitrogens with zero attached hydrogens (tertiary/aromatic N) is 3. The topological polar surface area (TPSA) is 48.5 Å². The van der Waals surface area contributed by atoms with Gasteiger partial charge in [-0.1, -0.05) is 12.1 Å². The van der Waals surface area contributed by atoms with Crippen LogP contribution in [0.2, 0.25) is 0 Å². The van der Waals surface area contributed by atoms with E-state index in [-0.39, 0.29) is 18.1 Å². The van der Waals surface area contributed by atoms with Gasteiger partial charge >= 0.3 is 6.18 Å². The van der Waals surface area contributed by atoms with Gasteiger partial charge in [0, 0.05) is 37.2 Å². The lowest BCUT2D eigenvalue weighted by Crippen LogP contribution is -2.48. The van der Waals surface area contributed by atoms with Crippen LogP contribution in [0.4, 0.5) is 18.9 Å². The number of anilines is 1. The number of nitrogens with one attached hydrogen (secondary N) is 1. The number of rotatable bonds is 6. The molecular weight excluding hydrogens is 445 g/mol. The summed E-state index contributed by atoms with van der Waals surface area (Å²) in [4.78, 5) is 22.5. The standard InChI is InChI=1S/C21H21F3N4OS2/c22-21(23,24)15-3-1-4-16(11-15)25-19(29)12-27-6-8-28(9-7-27)13-20-26-17(14-31-20)18-5-2-10-30-18/h1-5,10-11,14H,6-9,12-13H2,(H,25,29). The largest absolute Gasteiger partial charge is 0.416 e. The Bertz CT molecular complexity index is 1010. The molecule has 1 saturated heterocycles. The second-order valence-electron chi connectivity index (χ2n) is 7.28. The Morgan fingerprint density at radius 3 is 2.55 bits per heavy atom. The summed E-state index contributed by atoms with van der Waals surface area (Å²) in [7, 11) is 0. The molecule has 3 heterocycles. The molecule has 164 valence electrons. The Labute approximate surface area is 186 Å². The number of halogens is 3. The predicted molar refractivity (Wildman–Crippen MR) is 117 cm³/mol. The number of aromatic nitrogens is 1. The Morgan fingerprint density at radius 1 is 1.06 bits per heavy atom. The molecular formula is C21H21F3N4OS2. The van der Waals surface area contributed by atoms with Crippen LogP contribution in [0.3, 0.4) is 0 Å². The number of thiophene rings is 1. The van der Waals surface area contributed by atoms with Crippen LogP contribution in [0.15, 0.2) is 47.2 Å². The average Bonchev–Trinajstić information content (AvgIpc) is 3.41. The van der Waals surface area contributed by atoms with E-state index >= 15 is 0 Å². The van der Waals surface area contributed by atoms with Crippen molar-refractivity contribution in [3.05, 3.63) is 57.7 Å². The van der Waals surface area contributed by atoms with Crippen LogP contribution in [0.25, 0.3) is 10.6 Å². The highest BCUT2D eigenvalue weighted by molar-refractivity contribution is 7.14. The fraction of sp³-hybridized carbons (Fsp3) is 0.333. The first-order valence-corrected chi connectivity index (χ1v) is 11.5. The lowest BCUT2D eigenvalue weighted by Gasteiger charge is -2.33. The molecule has 0 aliphatic carbocycles. The molecule has 31 heavy (non-hydrogen) atoms. The zero-order valence-corrected chi connectivity index (χ0v) is 18.2. The highest BCUT2D eigenvalue weighted by atomic mass is 32.1. The number of hydrogen-bond acceptors (Lipinski definition) is 6. The maximum absolute atomic E-state index is 12.8. The minimum atomic E-state index is -4.43. The predicted octanol–water partition coefficient (Wildman–Crippen LogP) is 4.65. The number of amides is 1. The van der Waals surface area contributed by atoms with Gasteiger partial charge < -0.3 is 5.32 Å². The van der Waals surface area contributed by atoms with E-state index in [1.54, 1.807) is 22.7 Å². The molecule has 2 aromatic heterocycles. The highest BCUT2D eigenvalue weighted by Crippen LogP contribution is 2.30. The van der Waals surface area contributed by atoms with E-state index < -0.39 is 11.7 Å². The quantitative estimate of drug-likeness (QED) is 0.575. The highest BCUT2D eigenvalue weighted by Gasteiger charge is 2.30. The third-order valence-electron chi connectivity index (χ3n) is 4.99. The monoisotopic (exact) mass is 466 g/mol. The molecule has 5 nitrogen and oxygen atoms in total. The van der Waals surface area contributed by atoms with Crippen molar-refractivity contribution in [1.82, 2.24) is 14.8 Å². The number of alkyl halides is 3. The zero-order valence-electron chi connectivity index (χ0n) is 16.6. The van der Waals surface area contributed by atoms with Crippen LogP contribution in [0.1, 0.15) is 10.6 Å². The summed E-state index contributed by atoms with van der Waals surface area (Å²) in [5.74, 6) is -0.312. The Balaban J connectivity index is 1.23. The fourth-order valence-electron chi connectivity index (χ4n) is 3.39. The van der Waals surface area contributed by atoms with Crippen LogP contribution in [0.5, 0.6) is 0 Å². The fourth-order valence-corrected chi connectivity index (χ4v) is 4.99. The average molecular weight is 467 g/mol. The molecule has 1 aromatic carbocycles. The first-order chi connectivity index (χ1) is 14.9. The first-order valence-electron chi connectivity index (χ1n) is 9.77. The first kappa shape index (κ1) is 21.9. The molecule has 0 radical (unpaired) electrons. The molecule has 0 bridgehead atoms. The van der Waals surface area contributed by atoms with Crippen LogP contribution in [0, 0.1) is 0 Å². The van der Waals surface area contributed by atoms with Gasteiger partial charge in [-0.2, -0.15) is 13.2 Å². The number of piperazine rings is 1. The van der Waals surface area contributed by atoms with Crippen molar-refractivity contribution in [2.75, 3.05) is 38.0 Å². The zero-order chi connectivity index (χ0) is 21.8.